The molecule has 3 unspecified atom stereocenters. The number of aliphatic hydroxyl groups excluding tert-OH is 4. The number of esters is 1. The van der Waals surface area contributed by atoms with Gasteiger partial charge in [0.05, 0.1) is 44.7 Å². The maximum atomic E-state index is 12.6. The van der Waals surface area contributed by atoms with Crippen LogP contribution < -0.4 is 0 Å². The maximum Gasteiger partial charge on any atom is 0.303 e. The molecule has 315 valence electrons. The predicted molar refractivity (Wildman–Crippen MR) is 203 cm³/mol. The molecular formula is C43H72NO11. The van der Waals surface area contributed by atoms with Crippen molar-refractivity contribution in [2.45, 2.75) is 161 Å². The van der Waals surface area contributed by atoms with Gasteiger partial charge in [-0.3, -0.25) is 9.69 Å². The average Bonchev–Trinajstić information content (AvgIpc) is 3.44. The highest BCUT2D eigenvalue weighted by Gasteiger charge is 2.64. The molecule has 7 fully saturated rings. The third-order valence-corrected chi connectivity index (χ3v) is 15.9. The summed E-state index contributed by atoms with van der Waals surface area (Å²) in [5.41, 5.74) is 0.334. The highest BCUT2D eigenvalue weighted by molar-refractivity contribution is 5.66. The summed E-state index contributed by atoms with van der Waals surface area (Å²) in [6, 6.07) is 0. The fourth-order valence-electron chi connectivity index (χ4n) is 13.1. The highest BCUT2D eigenvalue weighted by atomic mass is 16.7. The lowest BCUT2D eigenvalue weighted by Crippen LogP contribution is -2.59. The van der Waals surface area contributed by atoms with E-state index in [4.69, 9.17) is 28.4 Å². The molecule has 18 atom stereocenters. The molecule has 55 heavy (non-hydrogen) atoms. The molecule has 0 aromatic heterocycles. The minimum atomic E-state index is -1.15. The number of carbonyl (C=O) groups excluding carboxylic acids is 1. The van der Waals surface area contributed by atoms with Crippen molar-refractivity contribution in [3.63, 3.8) is 0 Å². The topological polar surface area (TPSA) is 157 Å². The van der Waals surface area contributed by atoms with Gasteiger partial charge in [-0.05, 0) is 110 Å². The lowest BCUT2D eigenvalue weighted by molar-refractivity contribution is -0.319. The van der Waals surface area contributed by atoms with Crippen molar-refractivity contribution in [3.05, 3.63) is 6.42 Å². The van der Waals surface area contributed by atoms with Crippen molar-refractivity contribution in [2.75, 3.05) is 46.1 Å². The van der Waals surface area contributed by atoms with E-state index < -0.39 is 49.1 Å². The molecule has 12 heteroatoms. The first kappa shape index (κ1) is 42.2. The smallest absolute Gasteiger partial charge is 0.303 e. The van der Waals surface area contributed by atoms with Gasteiger partial charge in [-0.25, -0.2) is 0 Å². The quantitative estimate of drug-likeness (QED) is 0.211. The molecule has 3 saturated heterocycles. The van der Waals surface area contributed by atoms with Crippen LogP contribution in [0.25, 0.3) is 0 Å². The first-order chi connectivity index (χ1) is 26.3. The van der Waals surface area contributed by atoms with Crippen LogP contribution in [0.2, 0.25) is 0 Å². The van der Waals surface area contributed by atoms with Crippen LogP contribution in [0.15, 0.2) is 0 Å². The second kappa shape index (κ2) is 17.7. The van der Waals surface area contributed by atoms with Crippen LogP contribution in [0, 0.1) is 58.7 Å². The zero-order valence-corrected chi connectivity index (χ0v) is 34.1. The molecule has 4 aliphatic carbocycles. The van der Waals surface area contributed by atoms with Gasteiger partial charge in [0.1, 0.15) is 18.3 Å². The zero-order valence-electron chi connectivity index (χ0n) is 34.1. The van der Waals surface area contributed by atoms with E-state index in [1.807, 2.05) is 0 Å². The Morgan fingerprint density at radius 3 is 2.36 bits per heavy atom. The van der Waals surface area contributed by atoms with E-state index >= 15 is 0 Å². The first-order valence-electron chi connectivity index (χ1n) is 21.9. The molecular weight excluding hydrogens is 706 g/mol. The van der Waals surface area contributed by atoms with Crippen LogP contribution in [0.3, 0.4) is 0 Å². The number of hydrogen-bond acceptors (Lipinski definition) is 12. The molecule has 0 spiro atoms. The number of ether oxygens (including phenoxy) is 6. The molecule has 7 rings (SSSR count). The monoisotopic (exact) mass is 779 g/mol. The maximum absolute atomic E-state index is 12.6. The molecule has 0 aromatic carbocycles. The molecule has 4 N–H and O–H groups in total. The third-order valence-electron chi connectivity index (χ3n) is 15.9. The number of fused-ring (bicyclic) bond motifs is 5. The standard InChI is InChI=1S/C43H72NO11/c1-25(22-44-15-17-50-18-16-44)7-6-8-26(2)38-36(20-32-30-10-9-28-19-29(46)11-13-42(28,4)31(30)12-14-43(32,38)5)54-41-40(53-27(3)45)39(35(49)24-52-41)55-37-21-33(47)34(48)23-51-37/h21,25-26,28-41,46-49H,6-20,22-24H2,1-5H3/t25-,26-,28+,29+,30?,31?,32?,33+,34-,35+,36+,37+,38+,39+,40-,41+,42+,43+/m1/s1. The van der Waals surface area contributed by atoms with Crippen molar-refractivity contribution in [1.29, 1.82) is 0 Å². The fraction of sp³-hybridized carbons (Fsp3) is 0.953. The number of aliphatic hydroxyl groups is 4. The second-order valence-electron chi connectivity index (χ2n) is 19.4. The summed E-state index contributed by atoms with van der Waals surface area (Å²) in [4.78, 5) is 15.1. The van der Waals surface area contributed by atoms with E-state index in [1.54, 1.807) is 0 Å². The van der Waals surface area contributed by atoms with Crippen LogP contribution >= 0.6 is 0 Å². The molecule has 12 nitrogen and oxygen atoms in total. The van der Waals surface area contributed by atoms with Gasteiger partial charge in [0.15, 0.2) is 18.7 Å². The summed E-state index contributed by atoms with van der Waals surface area (Å²) < 4.78 is 36.6. The van der Waals surface area contributed by atoms with Crippen molar-refractivity contribution in [2.24, 2.45) is 52.3 Å². The first-order valence-corrected chi connectivity index (χ1v) is 21.9. The minimum absolute atomic E-state index is 0.0735. The summed E-state index contributed by atoms with van der Waals surface area (Å²) in [7, 11) is 0. The predicted octanol–water partition coefficient (Wildman–Crippen LogP) is 4.09. The molecule has 0 amide bonds. The number of hydrogen-bond donors (Lipinski definition) is 4. The van der Waals surface area contributed by atoms with Gasteiger partial charge in [-0.1, -0.05) is 40.5 Å². The summed E-state index contributed by atoms with van der Waals surface area (Å²) in [6.07, 6.45) is 5.65. The molecule has 3 heterocycles. The Balaban J connectivity index is 1.10. The van der Waals surface area contributed by atoms with Crippen molar-refractivity contribution >= 4 is 5.97 Å². The van der Waals surface area contributed by atoms with Gasteiger partial charge in [0.2, 0.25) is 0 Å². The number of morpholine rings is 1. The van der Waals surface area contributed by atoms with Gasteiger partial charge in [-0.2, -0.15) is 0 Å². The van der Waals surface area contributed by atoms with E-state index in [2.05, 4.69) is 32.6 Å². The SMILES string of the molecule is CC(=O)O[C@H]1[C@H](O[C@H]2CC3C4CC[C@H]5C[C@@H](O)CC[C@]5(C)C4CC[C@]3(C)[C@H]2[C@H](C)CCC[C@@H](C)CN2CCOCC2)OC[C@H](O)[C@@H]1O[C@H]1[CH][C@H](O)[C@H](O)CO1. The van der Waals surface area contributed by atoms with Crippen LogP contribution in [0.4, 0.5) is 0 Å². The summed E-state index contributed by atoms with van der Waals surface area (Å²) in [5.74, 6) is 3.05. The van der Waals surface area contributed by atoms with E-state index in [0.29, 0.717) is 35.5 Å². The Morgan fingerprint density at radius 1 is 0.873 bits per heavy atom. The fourth-order valence-corrected chi connectivity index (χ4v) is 13.1. The molecule has 0 bridgehead atoms. The normalized spacial score (nSPS) is 47.6. The molecule has 1 radical (unpaired) electrons. The van der Waals surface area contributed by atoms with Gasteiger partial charge >= 0.3 is 5.97 Å². The van der Waals surface area contributed by atoms with Crippen LogP contribution in [0.1, 0.15) is 105 Å². The lowest BCUT2D eigenvalue weighted by Gasteiger charge is -2.61. The Morgan fingerprint density at radius 2 is 1.62 bits per heavy atom. The molecule has 7 aliphatic rings. The van der Waals surface area contributed by atoms with Crippen molar-refractivity contribution < 1.29 is 53.6 Å². The van der Waals surface area contributed by atoms with E-state index in [-0.39, 0.29) is 42.2 Å². The van der Waals surface area contributed by atoms with Crippen LogP contribution in [0.5, 0.6) is 0 Å². The van der Waals surface area contributed by atoms with E-state index in [1.165, 1.54) is 39.0 Å². The minimum Gasteiger partial charge on any atom is -0.454 e. The Kier molecular flexibility index (Phi) is 13.6. The average molecular weight is 779 g/mol. The molecule has 0 aromatic rings. The lowest BCUT2D eigenvalue weighted by atomic mass is 9.44. The summed E-state index contributed by atoms with van der Waals surface area (Å²) in [6.45, 7) is 15.8. The van der Waals surface area contributed by atoms with Gasteiger partial charge < -0.3 is 48.8 Å². The van der Waals surface area contributed by atoms with Gasteiger partial charge in [-0.15, -0.1) is 0 Å². The Hall–Kier alpha value is -0.930. The van der Waals surface area contributed by atoms with Gasteiger partial charge in [0.25, 0.3) is 0 Å². The largest absolute Gasteiger partial charge is 0.454 e. The second-order valence-corrected chi connectivity index (χ2v) is 19.4. The summed E-state index contributed by atoms with van der Waals surface area (Å²) in [5, 5.41) is 42.0. The van der Waals surface area contributed by atoms with Gasteiger partial charge in [0, 0.05) is 33.0 Å². The molecule has 4 saturated carbocycles. The zero-order chi connectivity index (χ0) is 39.1. The number of carbonyl (C=O) groups is 1. The Bertz CT molecular complexity index is 1270. The van der Waals surface area contributed by atoms with Crippen LogP contribution in [-0.2, 0) is 33.2 Å². The Labute approximate surface area is 329 Å². The van der Waals surface area contributed by atoms with Crippen LogP contribution in [-0.4, -0.2) is 133 Å². The number of rotatable bonds is 12. The van der Waals surface area contributed by atoms with E-state index in [9.17, 15) is 25.2 Å². The van der Waals surface area contributed by atoms with E-state index in [0.717, 1.165) is 77.8 Å². The highest BCUT2D eigenvalue weighted by Crippen LogP contribution is 2.69. The number of nitrogens with zero attached hydrogens (tertiary/aromatic N) is 1. The van der Waals surface area contributed by atoms with Crippen molar-refractivity contribution in [3.8, 4) is 0 Å². The third kappa shape index (κ3) is 8.99. The molecule has 3 aliphatic heterocycles. The summed E-state index contributed by atoms with van der Waals surface area (Å²) >= 11 is 0. The van der Waals surface area contributed by atoms with Crippen molar-refractivity contribution in [1.82, 2.24) is 4.90 Å².